The van der Waals surface area contributed by atoms with Crippen LogP contribution in [0.4, 0.5) is 0 Å². The molecule has 31 valence electrons. The zero-order valence-corrected chi connectivity index (χ0v) is 7.95. The van der Waals surface area contributed by atoms with Gasteiger partial charge < -0.3 is 0 Å². The van der Waals surface area contributed by atoms with Gasteiger partial charge in [0.15, 0.2) is 0 Å². The van der Waals surface area contributed by atoms with Gasteiger partial charge in [-0.15, -0.1) is 0 Å². The monoisotopic (exact) mass is 315 g/mol. The summed E-state index contributed by atoms with van der Waals surface area (Å²) in [6, 6.07) is 0. The van der Waals surface area contributed by atoms with Gasteiger partial charge in [0.2, 0.25) is 0 Å². The topological polar surface area (TPSA) is 0 Å². The Morgan fingerprint density at radius 3 is 2.00 bits per heavy atom. The molecule has 3 heteroatoms. The second kappa shape index (κ2) is 3.92. The molecule has 0 nitrogen and oxygen atoms in total. The molecule has 1 radical (unpaired) electrons. The Balaban J connectivity index is 2.54. The fraction of sp³-hybridized carbons (Fsp3) is 1.00. The van der Waals surface area contributed by atoms with E-state index in [0.717, 1.165) is 5.33 Å². The summed E-state index contributed by atoms with van der Waals surface area (Å²) in [6.07, 6.45) is 0. The first-order valence-corrected chi connectivity index (χ1v) is 4.51. The summed E-state index contributed by atoms with van der Waals surface area (Å²) in [5.41, 5.74) is 0. The quantitative estimate of drug-likeness (QED) is 0.505. The molecule has 0 aromatic heterocycles. The number of alkyl halides is 2. The first-order chi connectivity index (χ1) is 2.27. The standard InChI is InChI=1S/C2H3Br2Te/c3-1-2(4)5/h2H,1H2. The molecule has 0 heterocycles. The zero-order chi connectivity index (χ0) is 4.28. The summed E-state index contributed by atoms with van der Waals surface area (Å²) >= 11 is 8.63. The van der Waals surface area contributed by atoms with Gasteiger partial charge in [-0.25, -0.2) is 0 Å². The average Bonchev–Trinajstić information content (AvgIpc) is 1.38. The molecular weight excluding hydrogens is 311 g/mol. The molecular formula is C2H3Br2Te. The molecule has 0 saturated carbocycles. The molecule has 1 atom stereocenters. The van der Waals surface area contributed by atoms with Crippen molar-refractivity contribution >= 4 is 54.2 Å². The molecule has 0 aromatic rings. The predicted molar refractivity (Wildman–Crippen MR) is 32.3 cm³/mol. The Bertz CT molecular complexity index is 21.6. The van der Waals surface area contributed by atoms with Crippen LogP contribution in [-0.4, -0.2) is 30.5 Å². The number of hydrogen-bond donors (Lipinski definition) is 0. The van der Waals surface area contributed by atoms with Gasteiger partial charge in [0.1, 0.15) is 0 Å². The van der Waals surface area contributed by atoms with Crippen molar-refractivity contribution in [2.45, 2.75) is 2.88 Å². The summed E-state index contributed by atoms with van der Waals surface area (Å²) in [4.78, 5) is 0. The van der Waals surface area contributed by atoms with Gasteiger partial charge in [0.25, 0.3) is 0 Å². The van der Waals surface area contributed by atoms with Gasteiger partial charge in [-0.3, -0.25) is 0 Å². The van der Waals surface area contributed by atoms with Gasteiger partial charge in [0, 0.05) is 0 Å². The summed E-state index contributed by atoms with van der Waals surface area (Å²) in [7, 11) is 0. The molecule has 0 aliphatic rings. The summed E-state index contributed by atoms with van der Waals surface area (Å²) < 4.78 is 0.623. The molecule has 0 amide bonds. The van der Waals surface area contributed by atoms with E-state index in [-0.39, 0.29) is 0 Å². The Morgan fingerprint density at radius 2 is 2.00 bits per heavy atom. The molecule has 0 fully saturated rings. The maximum absolute atomic E-state index is 3.33. The fourth-order valence-corrected chi connectivity index (χ4v) is 0. The summed E-state index contributed by atoms with van der Waals surface area (Å²) in [5, 5.41) is 1.04. The van der Waals surface area contributed by atoms with Gasteiger partial charge >= 0.3 is 62.4 Å². The van der Waals surface area contributed by atoms with Gasteiger partial charge in [0.05, 0.1) is 0 Å². The van der Waals surface area contributed by atoms with E-state index in [1.165, 1.54) is 0 Å². The van der Waals surface area contributed by atoms with Crippen LogP contribution in [0, 0.1) is 0 Å². The van der Waals surface area contributed by atoms with E-state index in [9.17, 15) is 0 Å². The van der Waals surface area contributed by atoms with Crippen molar-refractivity contribution in [3.8, 4) is 0 Å². The summed E-state index contributed by atoms with van der Waals surface area (Å²) in [5.74, 6) is 0. The van der Waals surface area contributed by atoms with Crippen LogP contribution in [-0.2, 0) is 0 Å². The third-order valence-corrected chi connectivity index (χ3v) is 3.77. The van der Waals surface area contributed by atoms with E-state index >= 15 is 0 Å². The molecule has 0 aliphatic carbocycles. The second-order valence-corrected chi connectivity index (χ2v) is 5.83. The molecule has 0 bridgehead atoms. The SMILES string of the molecule is BrCC(Br)[Te]. The summed E-state index contributed by atoms with van der Waals surface area (Å²) in [6.45, 7) is 0. The van der Waals surface area contributed by atoms with Crippen LogP contribution in [0.15, 0.2) is 0 Å². The normalized spacial score (nSPS) is 15.0. The molecule has 0 rings (SSSR count). The average molecular weight is 314 g/mol. The predicted octanol–water partition coefficient (Wildman–Crippen LogP) is 1.27. The van der Waals surface area contributed by atoms with Crippen LogP contribution in [0.1, 0.15) is 0 Å². The minimum absolute atomic E-state index is 0.623. The molecule has 0 aromatic carbocycles. The first kappa shape index (κ1) is 6.75. The molecule has 0 spiro atoms. The number of hydrogen-bond acceptors (Lipinski definition) is 0. The Hall–Kier alpha value is 1.75. The van der Waals surface area contributed by atoms with Crippen LogP contribution < -0.4 is 0 Å². The Labute approximate surface area is 61.9 Å². The minimum atomic E-state index is 0.623. The third-order valence-electron chi connectivity index (χ3n) is 0.121. The molecule has 0 aliphatic heterocycles. The van der Waals surface area contributed by atoms with Crippen molar-refractivity contribution in [2.75, 3.05) is 5.33 Å². The van der Waals surface area contributed by atoms with E-state index < -0.39 is 0 Å². The Kier molecular flexibility index (Phi) is 5.30. The van der Waals surface area contributed by atoms with Crippen LogP contribution in [0.5, 0.6) is 0 Å². The Morgan fingerprint density at radius 1 is 1.80 bits per heavy atom. The van der Waals surface area contributed by atoms with E-state index in [4.69, 9.17) is 0 Å². The zero-order valence-electron chi connectivity index (χ0n) is 2.45. The fourth-order valence-electron chi connectivity index (χ4n) is 0. The van der Waals surface area contributed by atoms with Crippen LogP contribution in [0.2, 0.25) is 0 Å². The van der Waals surface area contributed by atoms with E-state index in [1.54, 1.807) is 0 Å². The van der Waals surface area contributed by atoms with E-state index in [1.807, 2.05) is 22.3 Å². The number of halogens is 2. The number of rotatable bonds is 1. The van der Waals surface area contributed by atoms with Crippen molar-refractivity contribution in [1.29, 1.82) is 0 Å². The van der Waals surface area contributed by atoms with Crippen molar-refractivity contribution in [3.05, 3.63) is 0 Å². The van der Waals surface area contributed by atoms with Crippen LogP contribution in [0.25, 0.3) is 0 Å². The maximum atomic E-state index is 3.33. The van der Waals surface area contributed by atoms with Gasteiger partial charge in [-0.1, -0.05) is 0 Å². The van der Waals surface area contributed by atoms with Gasteiger partial charge in [-0.2, -0.15) is 0 Å². The van der Waals surface area contributed by atoms with Crippen LogP contribution in [0.3, 0.4) is 0 Å². The van der Waals surface area contributed by atoms with Crippen molar-refractivity contribution in [3.63, 3.8) is 0 Å². The molecule has 1 unspecified atom stereocenters. The molecule has 5 heavy (non-hydrogen) atoms. The van der Waals surface area contributed by atoms with Crippen LogP contribution >= 0.6 is 31.9 Å². The van der Waals surface area contributed by atoms with E-state index in [0.29, 0.717) is 2.88 Å². The third kappa shape index (κ3) is 5.75. The van der Waals surface area contributed by atoms with Crippen molar-refractivity contribution in [1.82, 2.24) is 0 Å². The molecule has 0 saturated heterocycles. The van der Waals surface area contributed by atoms with E-state index in [2.05, 4.69) is 31.9 Å². The van der Waals surface area contributed by atoms with Gasteiger partial charge in [-0.05, 0) is 0 Å². The van der Waals surface area contributed by atoms with Crippen molar-refractivity contribution in [2.24, 2.45) is 0 Å². The second-order valence-electron chi connectivity index (χ2n) is 0.564. The molecule has 0 N–H and O–H groups in total. The first-order valence-electron chi connectivity index (χ1n) is 1.13. The van der Waals surface area contributed by atoms with Crippen molar-refractivity contribution < 1.29 is 0 Å².